The number of nitrogens with one attached hydrogen (secondary N) is 2. The number of nitrogens with zero attached hydrogens (tertiary/aromatic N) is 2. The number of carbonyl (C=O) groups excluding carboxylic acids is 1. The van der Waals surface area contributed by atoms with Gasteiger partial charge in [0.1, 0.15) is 0 Å². The number of aliphatic carboxylic acids is 1. The third-order valence-electron chi connectivity index (χ3n) is 6.84. The normalized spacial score (nSPS) is 17.1. The number of nitro benzene ring substituents is 1. The molecule has 1 amide bonds. The van der Waals surface area contributed by atoms with Crippen LogP contribution in [0.1, 0.15) is 29.5 Å². The van der Waals surface area contributed by atoms with E-state index >= 15 is 0 Å². The maximum absolute atomic E-state index is 13.0. The number of amides is 1. The van der Waals surface area contributed by atoms with Gasteiger partial charge in [-0.05, 0) is 55.3 Å². The molecule has 0 spiro atoms. The minimum absolute atomic E-state index is 0.0862. The molecule has 1 fully saturated rings. The molecule has 9 nitrogen and oxygen atoms in total. The van der Waals surface area contributed by atoms with Crippen molar-refractivity contribution in [2.24, 2.45) is 5.92 Å². The van der Waals surface area contributed by atoms with Crippen LogP contribution in [-0.2, 0) is 16.1 Å². The first-order valence-corrected chi connectivity index (χ1v) is 12.1. The van der Waals surface area contributed by atoms with Crippen LogP contribution in [0.2, 0.25) is 0 Å². The quantitative estimate of drug-likeness (QED) is 0.242. The van der Waals surface area contributed by atoms with Gasteiger partial charge in [0, 0.05) is 35.6 Å². The monoisotopic (exact) mass is 498 g/mol. The molecule has 0 unspecified atom stereocenters. The Bertz CT molecular complexity index is 1380. The van der Waals surface area contributed by atoms with Gasteiger partial charge in [-0.1, -0.05) is 42.5 Å². The van der Waals surface area contributed by atoms with Crippen molar-refractivity contribution < 1.29 is 19.6 Å². The second kappa shape index (κ2) is 10.2. The van der Waals surface area contributed by atoms with Crippen molar-refractivity contribution in [3.63, 3.8) is 0 Å². The molecule has 5 rings (SSSR count). The number of fused-ring (bicyclic) bond motifs is 1. The lowest BCUT2D eigenvalue weighted by atomic mass is 9.97. The van der Waals surface area contributed by atoms with Crippen molar-refractivity contribution in [3.8, 4) is 0 Å². The molecule has 2 aliphatic rings. The average molecular weight is 499 g/mol. The highest BCUT2D eigenvalue weighted by Gasteiger charge is 2.30. The van der Waals surface area contributed by atoms with E-state index in [0.29, 0.717) is 35.4 Å². The number of nitro groups is 1. The lowest BCUT2D eigenvalue weighted by Crippen LogP contribution is -2.35. The Kier molecular flexibility index (Phi) is 6.70. The van der Waals surface area contributed by atoms with E-state index in [1.54, 1.807) is 6.07 Å². The molecular formula is C28H26N4O5. The lowest BCUT2D eigenvalue weighted by Gasteiger charge is -2.30. The summed E-state index contributed by atoms with van der Waals surface area (Å²) >= 11 is 0. The largest absolute Gasteiger partial charge is 0.481 e. The van der Waals surface area contributed by atoms with E-state index in [2.05, 4.69) is 15.5 Å². The minimum atomic E-state index is -0.716. The number of carboxylic acids is 1. The van der Waals surface area contributed by atoms with Crippen LogP contribution in [0, 0.1) is 16.0 Å². The standard InChI is InChI=1S/C28H26N4O5/c33-27-25(23-16-22(32(36)37)10-11-24(23)30-27)26(19-4-2-1-3-5-19)29-21-8-6-18(7-9-21)17-31-14-12-20(13-15-31)28(34)35/h1-11,16,20,29H,12-15,17H2,(H,30,33)(H,34,35). The predicted octanol–water partition coefficient (Wildman–Crippen LogP) is 4.82. The molecule has 0 atom stereocenters. The Hall–Kier alpha value is -4.50. The van der Waals surface area contributed by atoms with Gasteiger partial charge >= 0.3 is 5.97 Å². The first kappa shape index (κ1) is 24.2. The third-order valence-corrected chi connectivity index (χ3v) is 6.84. The van der Waals surface area contributed by atoms with Gasteiger partial charge in [0.15, 0.2) is 0 Å². The zero-order valence-electron chi connectivity index (χ0n) is 20.0. The summed E-state index contributed by atoms with van der Waals surface area (Å²) in [6.45, 7) is 2.24. The molecule has 3 aromatic carbocycles. The number of hydrogen-bond donors (Lipinski definition) is 3. The highest BCUT2D eigenvalue weighted by Crippen LogP contribution is 2.39. The molecule has 3 aromatic rings. The summed E-state index contributed by atoms with van der Waals surface area (Å²) in [5, 5.41) is 26.8. The summed E-state index contributed by atoms with van der Waals surface area (Å²) in [5.74, 6) is -1.30. The van der Waals surface area contributed by atoms with Crippen molar-refractivity contribution in [3.05, 3.63) is 99.6 Å². The van der Waals surface area contributed by atoms with Gasteiger partial charge in [-0.25, -0.2) is 0 Å². The Morgan fingerprint density at radius 1 is 1.05 bits per heavy atom. The fourth-order valence-electron chi connectivity index (χ4n) is 4.83. The summed E-state index contributed by atoms with van der Waals surface area (Å²) in [5.41, 5.74) is 4.47. The Balaban J connectivity index is 1.42. The highest BCUT2D eigenvalue weighted by atomic mass is 16.6. The number of rotatable bonds is 7. The van der Waals surface area contributed by atoms with Gasteiger partial charge in [-0.3, -0.25) is 24.6 Å². The average Bonchev–Trinajstić information content (AvgIpc) is 3.23. The van der Waals surface area contributed by atoms with Gasteiger partial charge < -0.3 is 15.7 Å². The molecule has 9 heteroatoms. The van der Waals surface area contributed by atoms with Crippen LogP contribution in [0.4, 0.5) is 17.1 Å². The topological polar surface area (TPSA) is 125 Å². The van der Waals surface area contributed by atoms with Crippen LogP contribution in [0.3, 0.4) is 0 Å². The summed E-state index contributed by atoms with van der Waals surface area (Å²) in [4.78, 5) is 37.4. The molecule has 1 saturated heterocycles. The van der Waals surface area contributed by atoms with Crippen LogP contribution >= 0.6 is 0 Å². The van der Waals surface area contributed by atoms with Crippen LogP contribution in [-0.4, -0.2) is 39.9 Å². The molecule has 188 valence electrons. The lowest BCUT2D eigenvalue weighted by molar-refractivity contribution is -0.384. The van der Waals surface area contributed by atoms with Crippen LogP contribution in [0.5, 0.6) is 0 Å². The zero-order chi connectivity index (χ0) is 25.9. The fraction of sp³-hybridized carbons (Fsp3) is 0.214. The van der Waals surface area contributed by atoms with Crippen molar-refractivity contribution in [2.45, 2.75) is 19.4 Å². The maximum Gasteiger partial charge on any atom is 0.306 e. The molecule has 2 aliphatic heterocycles. The number of non-ortho nitro benzene ring substituents is 1. The van der Waals surface area contributed by atoms with Crippen LogP contribution in [0.25, 0.3) is 11.3 Å². The maximum atomic E-state index is 13.0. The summed E-state index contributed by atoms with van der Waals surface area (Å²) < 4.78 is 0. The van der Waals surface area contributed by atoms with E-state index in [1.165, 1.54) is 12.1 Å². The van der Waals surface area contributed by atoms with Crippen molar-refractivity contribution in [1.82, 2.24) is 4.90 Å². The summed E-state index contributed by atoms with van der Waals surface area (Å²) in [6, 6.07) is 21.6. The second-order valence-electron chi connectivity index (χ2n) is 9.27. The van der Waals surface area contributed by atoms with E-state index in [0.717, 1.165) is 36.4 Å². The van der Waals surface area contributed by atoms with E-state index in [1.807, 2.05) is 54.6 Å². The fourth-order valence-corrected chi connectivity index (χ4v) is 4.83. The smallest absolute Gasteiger partial charge is 0.306 e. The Morgan fingerprint density at radius 3 is 2.41 bits per heavy atom. The third kappa shape index (κ3) is 5.22. The van der Waals surface area contributed by atoms with Gasteiger partial charge in [-0.2, -0.15) is 0 Å². The van der Waals surface area contributed by atoms with Crippen molar-refractivity contribution in [2.75, 3.05) is 23.7 Å². The first-order valence-electron chi connectivity index (χ1n) is 12.1. The zero-order valence-corrected chi connectivity index (χ0v) is 20.0. The Labute approximate surface area is 213 Å². The van der Waals surface area contributed by atoms with Gasteiger partial charge in [0.05, 0.1) is 22.1 Å². The van der Waals surface area contributed by atoms with E-state index in [-0.39, 0.29) is 17.5 Å². The molecule has 0 aliphatic carbocycles. The van der Waals surface area contributed by atoms with Crippen molar-refractivity contribution >= 4 is 40.2 Å². The van der Waals surface area contributed by atoms with Crippen LogP contribution in [0.15, 0.2) is 72.8 Å². The molecule has 0 aromatic heterocycles. The van der Waals surface area contributed by atoms with Crippen LogP contribution < -0.4 is 10.6 Å². The molecular weight excluding hydrogens is 472 g/mol. The number of likely N-dealkylation sites (tertiary alicyclic amines) is 1. The van der Waals surface area contributed by atoms with Gasteiger partial charge in [0.2, 0.25) is 0 Å². The SMILES string of the molecule is O=C1Nc2ccc([N+](=O)[O-])cc2C1=C(Nc1ccc(CN2CCC(C(=O)O)CC2)cc1)c1ccccc1. The highest BCUT2D eigenvalue weighted by molar-refractivity contribution is 6.37. The van der Waals surface area contributed by atoms with Crippen molar-refractivity contribution in [1.29, 1.82) is 0 Å². The molecule has 37 heavy (non-hydrogen) atoms. The number of carbonyl (C=O) groups is 2. The van der Waals surface area contributed by atoms with E-state index in [9.17, 15) is 24.8 Å². The predicted molar refractivity (Wildman–Crippen MR) is 141 cm³/mol. The minimum Gasteiger partial charge on any atom is -0.481 e. The summed E-state index contributed by atoms with van der Waals surface area (Å²) in [7, 11) is 0. The molecule has 0 radical (unpaired) electrons. The molecule has 0 bridgehead atoms. The molecule has 2 heterocycles. The molecule has 3 N–H and O–H groups in total. The molecule has 0 saturated carbocycles. The number of carboxylic acid groups (broad SMARTS) is 1. The summed E-state index contributed by atoms with van der Waals surface area (Å²) in [6.07, 6.45) is 1.31. The second-order valence-corrected chi connectivity index (χ2v) is 9.27. The van der Waals surface area contributed by atoms with E-state index < -0.39 is 10.9 Å². The number of hydrogen-bond acceptors (Lipinski definition) is 6. The Morgan fingerprint density at radius 2 is 1.76 bits per heavy atom. The number of piperidine rings is 1. The van der Waals surface area contributed by atoms with Gasteiger partial charge in [0.25, 0.3) is 11.6 Å². The first-order chi connectivity index (χ1) is 17.9. The number of benzene rings is 3. The van der Waals surface area contributed by atoms with E-state index in [4.69, 9.17) is 0 Å². The van der Waals surface area contributed by atoms with Gasteiger partial charge in [-0.15, -0.1) is 0 Å². The number of anilines is 2.